The third-order valence-corrected chi connectivity index (χ3v) is 2.36. The SMILES string of the molecule is CC(=O)CC(=O)[O-].CC(=O)CC(=O)[O-].CC(=O)CC(=O)[O-].CC(=O)CC(=O)[O-].CC(=O)CC(=O)[O-].CC(=O)CC(=O)[O-].[W+6]. The Morgan fingerprint density at radius 3 is 0.349 bits per heavy atom. The van der Waals surface area contributed by atoms with Crippen LogP contribution in [0.3, 0.4) is 0 Å². The van der Waals surface area contributed by atoms with E-state index in [2.05, 4.69) is 0 Å². The van der Waals surface area contributed by atoms with Gasteiger partial charge in [0.05, 0.1) is 0 Å². The van der Waals surface area contributed by atoms with Crippen LogP contribution in [0.4, 0.5) is 0 Å². The molecule has 0 saturated carbocycles. The van der Waals surface area contributed by atoms with E-state index in [0.717, 1.165) is 0 Å². The Labute approximate surface area is 259 Å². The molecule has 0 unspecified atom stereocenters. The number of rotatable bonds is 12. The van der Waals surface area contributed by atoms with Gasteiger partial charge in [0.1, 0.15) is 34.7 Å². The van der Waals surface area contributed by atoms with Crippen molar-refractivity contribution in [1.82, 2.24) is 0 Å². The van der Waals surface area contributed by atoms with Gasteiger partial charge in [0.15, 0.2) is 0 Å². The van der Waals surface area contributed by atoms with Crippen LogP contribution in [0, 0.1) is 0 Å². The van der Waals surface area contributed by atoms with Gasteiger partial charge in [-0.15, -0.1) is 0 Å². The van der Waals surface area contributed by atoms with Crippen LogP contribution in [0.2, 0.25) is 0 Å². The molecule has 0 atom stereocenters. The maximum atomic E-state index is 9.83. The van der Waals surface area contributed by atoms with E-state index in [1.165, 1.54) is 41.5 Å². The van der Waals surface area contributed by atoms with E-state index in [4.69, 9.17) is 0 Å². The average molecular weight is 790 g/mol. The predicted molar refractivity (Wildman–Crippen MR) is 122 cm³/mol. The summed E-state index contributed by atoms with van der Waals surface area (Å²) in [5, 5.41) is 56.9. The molecule has 18 nitrogen and oxygen atoms in total. The molecule has 0 aliphatic carbocycles. The van der Waals surface area contributed by atoms with Crippen LogP contribution in [-0.2, 0) is 78.6 Å². The minimum absolute atomic E-state index is 0. The van der Waals surface area contributed by atoms with Crippen LogP contribution in [0.25, 0.3) is 0 Å². The van der Waals surface area contributed by atoms with Crippen LogP contribution < -0.4 is 30.6 Å². The Balaban J connectivity index is -0.0000000720. The maximum Gasteiger partial charge on any atom is 6.00 e. The molecule has 0 N–H and O–H groups in total. The van der Waals surface area contributed by atoms with Crippen molar-refractivity contribution in [1.29, 1.82) is 0 Å². The number of aliphatic carboxylic acids is 6. The van der Waals surface area contributed by atoms with Gasteiger partial charge < -0.3 is 59.4 Å². The molecule has 0 spiro atoms. The largest absolute Gasteiger partial charge is 6.00 e. The second-order valence-corrected chi connectivity index (χ2v) is 7.50. The second kappa shape index (κ2) is 35.6. The Morgan fingerprint density at radius 2 is 0.349 bits per heavy atom. The molecule has 0 aromatic carbocycles. The van der Waals surface area contributed by atoms with Gasteiger partial charge >= 0.3 is 21.1 Å². The fraction of sp³-hybridized carbons (Fsp3) is 0.500. The number of Topliss-reactive ketones (excluding diaryl/α,β-unsaturated/α-hetero) is 6. The van der Waals surface area contributed by atoms with Crippen LogP contribution >= 0.6 is 0 Å². The number of carbonyl (C=O) groups is 12. The summed E-state index contributed by atoms with van der Waals surface area (Å²) < 4.78 is 0. The zero-order valence-corrected chi connectivity index (χ0v) is 26.9. The fourth-order valence-electron chi connectivity index (χ4n) is 1.22. The smallest absolute Gasteiger partial charge is 0.550 e. The normalized spacial score (nSPS) is 7.95. The monoisotopic (exact) mass is 790 g/mol. The van der Waals surface area contributed by atoms with Gasteiger partial charge in [-0.1, -0.05) is 0 Å². The predicted octanol–water partition coefficient (Wildman–Crippen LogP) is -7.71. The first-order valence-corrected chi connectivity index (χ1v) is 10.9. The molecule has 19 heteroatoms. The van der Waals surface area contributed by atoms with E-state index in [9.17, 15) is 88.2 Å². The van der Waals surface area contributed by atoms with Gasteiger partial charge in [0.2, 0.25) is 0 Å². The molecule has 0 saturated heterocycles. The van der Waals surface area contributed by atoms with E-state index < -0.39 is 74.3 Å². The average Bonchev–Trinajstić information content (AvgIpc) is 2.63. The first kappa shape index (κ1) is 54.6. The number of carbonyl (C=O) groups excluding carboxylic acids is 12. The summed E-state index contributed by atoms with van der Waals surface area (Å²) in [6.07, 6.45) is -2.83. The molecule has 0 radical (unpaired) electrons. The van der Waals surface area contributed by atoms with Gasteiger partial charge in [-0.25, -0.2) is 0 Å². The molecule has 240 valence electrons. The summed E-state index contributed by atoms with van der Waals surface area (Å²) in [5.74, 6) is -10.1. The Bertz CT molecular complexity index is 707. The molecule has 0 heterocycles. The molecular weight excluding hydrogens is 760 g/mol. The topological polar surface area (TPSA) is 343 Å². The summed E-state index contributed by atoms with van der Waals surface area (Å²) in [6.45, 7) is 7.22. The Morgan fingerprint density at radius 1 is 0.279 bits per heavy atom. The first-order chi connectivity index (χ1) is 18.8. The van der Waals surface area contributed by atoms with Crippen molar-refractivity contribution >= 4 is 70.5 Å². The van der Waals surface area contributed by atoms with Gasteiger partial charge in [-0.3, -0.25) is 28.8 Å². The fourth-order valence-corrected chi connectivity index (χ4v) is 1.22. The van der Waals surface area contributed by atoms with Gasteiger partial charge in [-0.05, 0) is 41.5 Å². The second-order valence-electron chi connectivity index (χ2n) is 7.50. The van der Waals surface area contributed by atoms with Crippen molar-refractivity contribution in [3.05, 3.63) is 0 Å². The summed E-state index contributed by atoms with van der Waals surface area (Å²) >= 11 is 0. The van der Waals surface area contributed by atoms with Crippen LogP contribution in [0.1, 0.15) is 80.1 Å². The summed E-state index contributed by atoms with van der Waals surface area (Å²) in [7, 11) is 0. The van der Waals surface area contributed by atoms with Gasteiger partial charge in [0.25, 0.3) is 0 Å². The van der Waals surface area contributed by atoms with Crippen molar-refractivity contribution in [2.75, 3.05) is 0 Å². The quantitative estimate of drug-likeness (QED) is 0.166. The van der Waals surface area contributed by atoms with Crippen molar-refractivity contribution in [2.24, 2.45) is 0 Å². The van der Waals surface area contributed by atoms with E-state index in [1.54, 1.807) is 0 Å². The van der Waals surface area contributed by atoms with E-state index >= 15 is 0 Å². The van der Waals surface area contributed by atoms with Gasteiger partial charge in [0, 0.05) is 74.3 Å². The molecule has 0 aromatic rings. The summed E-state index contributed by atoms with van der Waals surface area (Å²) in [4.78, 5) is 116. The summed E-state index contributed by atoms with van der Waals surface area (Å²) in [5.41, 5.74) is 0. The zero-order valence-electron chi connectivity index (χ0n) is 24.0. The molecular formula is C24H30O18W. The van der Waals surface area contributed by atoms with E-state index in [0.29, 0.717) is 0 Å². The minimum atomic E-state index is -1.31. The van der Waals surface area contributed by atoms with Crippen LogP contribution in [0.5, 0.6) is 0 Å². The number of hydrogen-bond donors (Lipinski definition) is 0. The van der Waals surface area contributed by atoms with Crippen LogP contribution in [0.15, 0.2) is 0 Å². The zero-order chi connectivity index (χ0) is 35.2. The first-order valence-electron chi connectivity index (χ1n) is 10.9. The molecule has 0 rings (SSSR count). The van der Waals surface area contributed by atoms with Gasteiger partial charge in [-0.2, -0.15) is 0 Å². The number of ketones is 6. The third kappa shape index (κ3) is 124. The molecule has 0 bridgehead atoms. The molecule has 0 aliphatic rings. The van der Waals surface area contributed by atoms with Crippen molar-refractivity contribution in [2.45, 2.75) is 80.1 Å². The molecule has 0 fully saturated rings. The van der Waals surface area contributed by atoms with Crippen molar-refractivity contribution in [3.63, 3.8) is 0 Å². The summed E-state index contributed by atoms with van der Waals surface area (Å²) in [6, 6.07) is 0. The number of carboxylic acid groups (broad SMARTS) is 6. The Hall–Kier alpha value is -4.47. The van der Waals surface area contributed by atoms with Crippen molar-refractivity contribution < 1.29 is 109 Å². The van der Waals surface area contributed by atoms with E-state index in [-0.39, 0.29) is 55.8 Å². The standard InChI is InChI=1S/6C4H6O3.W/c6*1-3(5)2-4(6)7;/h6*2H2,1H3,(H,6,7);/q;;;;;;+6/p-6. The van der Waals surface area contributed by atoms with Crippen molar-refractivity contribution in [3.8, 4) is 0 Å². The number of carboxylic acids is 6. The minimum Gasteiger partial charge on any atom is -0.550 e. The molecule has 0 aliphatic heterocycles. The molecule has 0 aromatic heterocycles. The van der Waals surface area contributed by atoms with E-state index in [1.807, 2.05) is 0 Å². The number of hydrogen-bond acceptors (Lipinski definition) is 18. The maximum absolute atomic E-state index is 9.83. The molecule has 0 amide bonds. The Kier molecular flexibility index (Phi) is 45.1. The molecule has 43 heavy (non-hydrogen) atoms. The van der Waals surface area contributed by atoms with Crippen LogP contribution in [-0.4, -0.2) is 70.5 Å². The third-order valence-electron chi connectivity index (χ3n) is 2.36.